The molecule has 33 heavy (non-hydrogen) atoms. The van der Waals surface area contributed by atoms with Crippen molar-refractivity contribution in [2.45, 2.75) is 6.92 Å². The van der Waals surface area contributed by atoms with Crippen LogP contribution in [0.1, 0.15) is 12.6 Å². The number of hydrogen-bond acceptors (Lipinski definition) is 6. The van der Waals surface area contributed by atoms with E-state index in [9.17, 15) is 9.59 Å². The SMILES string of the molecule is COc1ccc(N2CCN(C(=O)/C=C/c3csc(N(C(C)=O)c4ccccc4)n3)CC2)cc1. The summed E-state index contributed by atoms with van der Waals surface area (Å²) < 4.78 is 5.21. The fourth-order valence-electron chi connectivity index (χ4n) is 3.70. The Morgan fingerprint density at radius 1 is 1.03 bits per heavy atom. The highest BCUT2D eigenvalue weighted by molar-refractivity contribution is 7.14. The number of carbonyl (C=O) groups excluding carboxylic acids is 2. The molecule has 1 saturated heterocycles. The summed E-state index contributed by atoms with van der Waals surface area (Å²) in [6.07, 6.45) is 3.27. The Morgan fingerprint density at radius 3 is 2.36 bits per heavy atom. The molecule has 0 spiro atoms. The van der Waals surface area contributed by atoms with E-state index >= 15 is 0 Å². The van der Waals surface area contributed by atoms with E-state index < -0.39 is 0 Å². The number of aromatic nitrogens is 1. The number of hydrogen-bond donors (Lipinski definition) is 0. The average Bonchev–Trinajstić information content (AvgIpc) is 3.31. The minimum atomic E-state index is -0.114. The van der Waals surface area contributed by atoms with Crippen molar-refractivity contribution in [3.8, 4) is 5.75 Å². The lowest BCUT2D eigenvalue weighted by molar-refractivity contribution is -0.126. The fraction of sp³-hybridized carbons (Fsp3) is 0.240. The number of benzene rings is 2. The third-order valence-corrected chi connectivity index (χ3v) is 6.30. The number of rotatable bonds is 6. The molecule has 0 radical (unpaired) electrons. The number of methoxy groups -OCH3 is 1. The van der Waals surface area contributed by atoms with Crippen LogP contribution < -0.4 is 14.5 Å². The van der Waals surface area contributed by atoms with Crippen LogP contribution in [0.25, 0.3) is 6.08 Å². The van der Waals surface area contributed by atoms with Crippen LogP contribution in [0, 0.1) is 0 Å². The number of amides is 2. The predicted octanol–water partition coefficient (Wildman–Crippen LogP) is 4.20. The molecule has 0 saturated carbocycles. The van der Waals surface area contributed by atoms with Gasteiger partial charge in [-0.2, -0.15) is 0 Å². The molecule has 0 N–H and O–H groups in total. The van der Waals surface area contributed by atoms with Gasteiger partial charge in [-0.05, 0) is 42.5 Å². The molecule has 2 amide bonds. The maximum atomic E-state index is 12.7. The Morgan fingerprint density at radius 2 is 1.73 bits per heavy atom. The molecular weight excluding hydrogens is 436 g/mol. The van der Waals surface area contributed by atoms with E-state index in [-0.39, 0.29) is 11.8 Å². The van der Waals surface area contributed by atoms with Gasteiger partial charge in [0.1, 0.15) is 5.75 Å². The third-order valence-electron chi connectivity index (χ3n) is 5.46. The van der Waals surface area contributed by atoms with Crippen molar-refractivity contribution in [2.24, 2.45) is 0 Å². The van der Waals surface area contributed by atoms with Gasteiger partial charge in [0.25, 0.3) is 0 Å². The number of piperazine rings is 1. The highest BCUT2D eigenvalue weighted by Crippen LogP contribution is 2.29. The predicted molar refractivity (Wildman–Crippen MR) is 132 cm³/mol. The van der Waals surface area contributed by atoms with Crippen LogP contribution in [0.4, 0.5) is 16.5 Å². The molecule has 170 valence electrons. The fourth-order valence-corrected chi connectivity index (χ4v) is 4.55. The van der Waals surface area contributed by atoms with Crippen LogP contribution in [0.3, 0.4) is 0 Å². The Kier molecular flexibility index (Phi) is 7.04. The smallest absolute Gasteiger partial charge is 0.246 e. The average molecular weight is 463 g/mol. The second-order valence-corrected chi connectivity index (χ2v) is 8.43. The maximum absolute atomic E-state index is 12.7. The Balaban J connectivity index is 1.35. The van der Waals surface area contributed by atoms with E-state index in [1.807, 2.05) is 64.9 Å². The molecule has 0 atom stereocenters. The van der Waals surface area contributed by atoms with E-state index in [0.29, 0.717) is 23.9 Å². The van der Waals surface area contributed by atoms with Gasteiger partial charge in [0.05, 0.1) is 18.5 Å². The van der Waals surface area contributed by atoms with Gasteiger partial charge in [0.15, 0.2) is 5.13 Å². The highest BCUT2D eigenvalue weighted by Gasteiger charge is 2.20. The van der Waals surface area contributed by atoms with Gasteiger partial charge in [-0.3, -0.25) is 14.5 Å². The lowest BCUT2D eigenvalue weighted by Gasteiger charge is -2.35. The van der Waals surface area contributed by atoms with Crippen LogP contribution >= 0.6 is 11.3 Å². The number of anilines is 3. The van der Waals surface area contributed by atoms with Gasteiger partial charge in [0, 0.05) is 50.2 Å². The van der Waals surface area contributed by atoms with Crippen molar-refractivity contribution in [1.29, 1.82) is 0 Å². The Labute approximate surface area is 197 Å². The summed E-state index contributed by atoms with van der Waals surface area (Å²) in [6.45, 7) is 4.38. The van der Waals surface area contributed by atoms with Gasteiger partial charge >= 0.3 is 0 Å². The summed E-state index contributed by atoms with van der Waals surface area (Å²) in [5.41, 5.74) is 2.55. The monoisotopic (exact) mass is 462 g/mol. The summed E-state index contributed by atoms with van der Waals surface area (Å²) in [6, 6.07) is 17.4. The summed E-state index contributed by atoms with van der Waals surface area (Å²) in [4.78, 5) is 35.1. The quantitative estimate of drug-likeness (QED) is 0.514. The first-order valence-electron chi connectivity index (χ1n) is 10.7. The van der Waals surface area contributed by atoms with Crippen molar-refractivity contribution < 1.29 is 14.3 Å². The van der Waals surface area contributed by atoms with E-state index in [0.717, 1.165) is 30.2 Å². The number of ether oxygens (including phenoxy) is 1. The molecule has 2 aromatic carbocycles. The van der Waals surface area contributed by atoms with E-state index in [2.05, 4.69) is 9.88 Å². The second-order valence-electron chi connectivity index (χ2n) is 7.59. The zero-order valence-electron chi connectivity index (χ0n) is 18.7. The molecule has 1 aliphatic heterocycles. The first-order chi connectivity index (χ1) is 16.0. The summed E-state index contributed by atoms with van der Waals surface area (Å²) in [7, 11) is 1.65. The minimum absolute atomic E-state index is 0.0367. The Bertz CT molecular complexity index is 1120. The van der Waals surface area contributed by atoms with Crippen LogP contribution in [0.15, 0.2) is 66.1 Å². The molecular formula is C25H26N4O3S. The molecule has 7 nitrogen and oxygen atoms in total. The molecule has 4 rings (SSSR count). The van der Waals surface area contributed by atoms with Crippen LogP contribution in [0.2, 0.25) is 0 Å². The zero-order chi connectivity index (χ0) is 23.2. The first kappa shape index (κ1) is 22.5. The molecule has 0 bridgehead atoms. The van der Waals surface area contributed by atoms with Crippen molar-refractivity contribution in [1.82, 2.24) is 9.88 Å². The minimum Gasteiger partial charge on any atom is -0.497 e. The van der Waals surface area contributed by atoms with Crippen molar-refractivity contribution in [3.63, 3.8) is 0 Å². The molecule has 1 aliphatic rings. The van der Waals surface area contributed by atoms with Gasteiger partial charge in [-0.25, -0.2) is 4.98 Å². The summed E-state index contributed by atoms with van der Waals surface area (Å²) >= 11 is 1.37. The van der Waals surface area contributed by atoms with Crippen molar-refractivity contribution in [3.05, 3.63) is 71.7 Å². The maximum Gasteiger partial charge on any atom is 0.246 e. The van der Waals surface area contributed by atoms with Crippen molar-refractivity contribution in [2.75, 3.05) is 43.1 Å². The van der Waals surface area contributed by atoms with Crippen LogP contribution in [-0.4, -0.2) is 55.0 Å². The van der Waals surface area contributed by atoms with Crippen molar-refractivity contribution >= 4 is 45.7 Å². The summed E-state index contributed by atoms with van der Waals surface area (Å²) in [5, 5.41) is 2.42. The standard InChI is InChI=1S/C25H26N4O3S/c1-19(30)29(22-6-4-3-5-7-22)25-26-20(18-33-25)8-13-24(31)28-16-14-27(15-17-28)21-9-11-23(32-2)12-10-21/h3-13,18H,14-17H2,1-2H3/b13-8+. The zero-order valence-corrected chi connectivity index (χ0v) is 19.5. The molecule has 1 aromatic heterocycles. The van der Waals surface area contributed by atoms with Gasteiger partial charge in [0.2, 0.25) is 11.8 Å². The number of carbonyl (C=O) groups is 2. The number of thiazole rings is 1. The molecule has 1 fully saturated rings. The van der Waals surface area contributed by atoms with Gasteiger partial charge in [-0.15, -0.1) is 11.3 Å². The van der Waals surface area contributed by atoms with Crippen LogP contribution in [0.5, 0.6) is 5.75 Å². The molecule has 3 aromatic rings. The molecule has 0 unspecified atom stereocenters. The van der Waals surface area contributed by atoms with Gasteiger partial charge in [-0.1, -0.05) is 18.2 Å². The first-order valence-corrected chi connectivity index (χ1v) is 11.6. The number of nitrogens with zero attached hydrogens (tertiary/aromatic N) is 4. The Hall–Kier alpha value is -3.65. The molecule has 8 heteroatoms. The van der Waals surface area contributed by atoms with E-state index in [1.54, 1.807) is 24.2 Å². The van der Waals surface area contributed by atoms with Gasteiger partial charge < -0.3 is 14.5 Å². The molecule has 2 heterocycles. The largest absolute Gasteiger partial charge is 0.497 e. The topological polar surface area (TPSA) is 66.0 Å². The lowest BCUT2D eigenvalue weighted by atomic mass is 10.2. The molecule has 0 aliphatic carbocycles. The second kappa shape index (κ2) is 10.3. The number of para-hydroxylation sites is 1. The summed E-state index contributed by atoms with van der Waals surface area (Å²) in [5.74, 6) is 0.681. The van der Waals surface area contributed by atoms with E-state index in [4.69, 9.17) is 4.74 Å². The highest BCUT2D eigenvalue weighted by atomic mass is 32.1. The lowest BCUT2D eigenvalue weighted by Crippen LogP contribution is -2.48. The van der Waals surface area contributed by atoms with E-state index in [1.165, 1.54) is 18.3 Å². The third kappa shape index (κ3) is 5.40. The normalized spacial score (nSPS) is 13.9. The van der Waals surface area contributed by atoms with Crippen LogP contribution in [-0.2, 0) is 9.59 Å².